The van der Waals surface area contributed by atoms with E-state index in [-0.39, 0.29) is 6.42 Å². The van der Waals surface area contributed by atoms with E-state index in [2.05, 4.69) is 5.32 Å². The fourth-order valence-electron chi connectivity index (χ4n) is 2.18. The smallest absolute Gasteiger partial charge is 0.256 e. The second kappa shape index (κ2) is 5.00. The Labute approximate surface area is 100.0 Å². The minimum Gasteiger partial charge on any atom is -0.497 e. The summed E-state index contributed by atoms with van der Waals surface area (Å²) < 4.78 is 32.9. The van der Waals surface area contributed by atoms with Crippen LogP contribution in [-0.4, -0.2) is 26.1 Å². The highest BCUT2D eigenvalue weighted by molar-refractivity contribution is 5.28. The van der Waals surface area contributed by atoms with Gasteiger partial charge in [0.15, 0.2) is 0 Å². The molecule has 0 aliphatic carbocycles. The lowest BCUT2D eigenvalue weighted by Gasteiger charge is -2.22. The van der Waals surface area contributed by atoms with E-state index in [1.54, 1.807) is 31.4 Å². The van der Waals surface area contributed by atoms with Gasteiger partial charge in [-0.3, -0.25) is 0 Å². The second-order valence-electron chi connectivity index (χ2n) is 4.48. The molecule has 1 atom stereocenters. The fourth-order valence-corrected chi connectivity index (χ4v) is 2.18. The molecule has 4 heteroatoms. The monoisotopic (exact) mass is 241 g/mol. The number of hydrogen-bond donors (Lipinski definition) is 1. The molecule has 0 aromatic heterocycles. The zero-order valence-corrected chi connectivity index (χ0v) is 9.88. The normalized spacial score (nSPS) is 20.5. The largest absolute Gasteiger partial charge is 0.497 e. The summed E-state index contributed by atoms with van der Waals surface area (Å²) in [7, 11) is 1.56. The molecule has 0 radical (unpaired) electrons. The SMILES string of the molecule is COc1ccc(CC(F)(F)C2CCNC2)cc1. The Morgan fingerprint density at radius 1 is 1.35 bits per heavy atom. The average Bonchev–Trinajstić information content (AvgIpc) is 2.84. The minimum absolute atomic E-state index is 0.191. The van der Waals surface area contributed by atoms with E-state index in [9.17, 15) is 8.78 Å². The van der Waals surface area contributed by atoms with E-state index in [1.165, 1.54) is 0 Å². The molecule has 1 heterocycles. The summed E-state index contributed by atoms with van der Waals surface area (Å²) in [5.74, 6) is -2.47. The summed E-state index contributed by atoms with van der Waals surface area (Å²) in [4.78, 5) is 0. The van der Waals surface area contributed by atoms with Crippen LogP contribution < -0.4 is 10.1 Å². The summed E-state index contributed by atoms with van der Waals surface area (Å²) >= 11 is 0. The maximum absolute atomic E-state index is 13.9. The van der Waals surface area contributed by atoms with E-state index in [0.717, 1.165) is 0 Å². The molecule has 0 amide bonds. The first-order valence-corrected chi connectivity index (χ1v) is 5.83. The van der Waals surface area contributed by atoms with Crippen molar-refractivity contribution in [3.63, 3.8) is 0 Å². The van der Waals surface area contributed by atoms with E-state index >= 15 is 0 Å². The molecular formula is C13H17F2NO. The summed E-state index contributed by atoms with van der Waals surface area (Å²) in [5, 5.41) is 2.98. The predicted molar refractivity (Wildman–Crippen MR) is 62.6 cm³/mol. The van der Waals surface area contributed by atoms with Crippen LogP contribution in [-0.2, 0) is 6.42 Å². The molecule has 1 aromatic rings. The van der Waals surface area contributed by atoms with Crippen LogP contribution in [0, 0.1) is 5.92 Å². The molecule has 2 rings (SSSR count). The molecule has 0 saturated carbocycles. The highest BCUT2D eigenvalue weighted by Crippen LogP contribution is 2.32. The topological polar surface area (TPSA) is 21.3 Å². The Hall–Kier alpha value is -1.16. The number of halogens is 2. The Kier molecular flexibility index (Phi) is 3.62. The number of ether oxygens (including phenoxy) is 1. The summed E-state index contributed by atoms with van der Waals surface area (Å²) in [6.45, 7) is 1.12. The molecule has 0 bridgehead atoms. The number of hydrogen-bond acceptors (Lipinski definition) is 2. The minimum atomic E-state index is -2.63. The molecule has 94 valence electrons. The molecule has 17 heavy (non-hydrogen) atoms. The predicted octanol–water partition coefficient (Wildman–Crippen LogP) is 2.48. The lowest BCUT2D eigenvalue weighted by molar-refractivity contribution is -0.0499. The first-order valence-electron chi connectivity index (χ1n) is 5.83. The van der Waals surface area contributed by atoms with Crippen LogP contribution in [0.25, 0.3) is 0 Å². The maximum Gasteiger partial charge on any atom is 0.256 e. The second-order valence-corrected chi connectivity index (χ2v) is 4.48. The lowest BCUT2D eigenvalue weighted by Crippen LogP contribution is -2.32. The molecule has 1 fully saturated rings. The van der Waals surface area contributed by atoms with Crippen LogP contribution in [0.1, 0.15) is 12.0 Å². The molecule has 2 nitrogen and oxygen atoms in total. The lowest BCUT2D eigenvalue weighted by atomic mass is 9.94. The van der Waals surface area contributed by atoms with Gasteiger partial charge in [-0.2, -0.15) is 0 Å². The summed E-state index contributed by atoms with van der Waals surface area (Å²) in [6.07, 6.45) is 0.368. The van der Waals surface area contributed by atoms with Gasteiger partial charge in [0.25, 0.3) is 5.92 Å². The van der Waals surface area contributed by atoms with E-state index in [1.807, 2.05) is 0 Å². The van der Waals surface area contributed by atoms with Crippen molar-refractivity contribution in [2.75, 3.05) is 20.2 Å². The molecule has 1 unspecified atom stereocenters. The molecule has 1 saturated heterocycles. The Bertz CT molecular complexity index is 358. The number of nitrogens with one attached hydrogen (secondary N) is 1. The van der Waals surface area contributed by atoms with Gasteiger partial charge in [0.05, 0.1) is 7.11 Å². The number of methoxy groups -OCH3 is 1. The molecule has 1 aromatic carbocycles. The van der Waals surface area contributed by atoms with Gasteiger partial charge in [0.1, 0.15) is 5.75 Å². The van der Waals surface area contributed by atoms with Gasteiger partial charge < -0.3 is 10.1 Å². The third kappa shape index (κ3) is 2.94. The summed E-state index contributed by atoms with van der Waals surface area (Å²) in [5.41, 5.74) is 0.655. The molecule has 1 aliphatic rings. The number of alkyl halides is 2. The van der Waals surface area contributed by atoms with Crippen molar-refractivity contribution in [3.05, 3.63) is 29.8 Å². The van der Waals surface area contributed by atoms with Crippen molar-refractivity contribution in [1.29, 1.82) is 0 Å². The van der Waals surface area contributed by atoms with Crippen molar-refractivity contribution >= 4 is 0 Å². The van der Waals surface area contributed by atoms with Crippen LogP contribution in [0.15, 0.2) is 24.3 Å². The van der Waals surface area contributed by atoms with E-state index in [0.29, 0.717) is 30.8 Å². The Morgan fingerprint density at radius 3 is 2.59 bits per heavy atom. The van der Waals surface area contributed by atoms with Gasteiger partial charge in [-0.15, -0.1) is 0 Å². The zero-order chi connectivity index (χ0) is 12.3. The van der Waals surface area contributed by atoms with Gasteiger partial charge in [-0.05, 0) is 30.7 Å². The van der Waals surface area contributed by atoms with Crippen LogP contribution in [0.4, 0.5) is 8.78 Å². The third-order valence-corrected chi connectivity index (χ3v) is 3.26. The highest BCUT2D eigenvalue weighted by Gasteiger charge is 2.40. The Balaban J connectivity index is 2.02. The number of rotatable bonds is 4. The van der Waals surface area contributed by atoms with Crippen molar-refractivity contribution in [2.24, 2.45) is 5.92 Å². The van der Waals surface area contributed by atoms with Gasteiger partial charge in [0.2, 0.25) is 0 Å². The van der Waals surface area contributed by atoms with Crippen molar-refractivity contribution in [3.8, 4) is 5.75 Å². The molecule has 1 N–H and O–H groups in total. The molecule has 0 spiro atoms. The number of benzene rings is 1. The molecule has 1 aliphatic heterocycles. The van der Waals surface area contributed by atoms with Gasteiger partial charge >= 0.3 is 0 Å². The Morgan fingerprint density at radius 2 is 2.06 bits per heavy atom. The van der Waals surface area contributed by atoms with E-state index < -0.39 is 11.8 Å². The maximum atomic E-state index is 13.9. The van der Waals surface area contributed by atoms with Crippen LogP contribution in [0.5, 0.6) is 5.75 Å². The quantitative estimate of drug-likeness (QED) is 0.874. The van der Waals surface area contributed by atoms with Crippen LogP contribution in [0.2, 0.25) is 0 Å². The first-order chi connectivity index (χ1) is 8.12. The first kappa shape index (κ1) is 12.3. The van der Waals surface area contributed by atoms with Crippen molar-refractivity contribution in [2.45, 2.75) is 18.8 Å². The zero-order valence-electron chi connectivity index (χ0n) is 9.88. The highest BCUT2D eigenvalue weighted by atomic mass is 19.3. The average molecular weight is 241 g/mol. The standard InChI is InChI=1S/C13H17F2NO/c1-17-12-4-2-10(3-5-12)8-13(14,15)11-6-7-16-9-11/h2-5,11,16H,6-9H2,1H3. The fraction of sp³-hybridized carbons (Fsp3) is 0.538. The van der Waals surface area contributed by atoms with Crippen LogP contribution in [0.3, 0.4) is 0 Å². The van der Waals surface area contributed by atoms with Crippen LogP contribution >= 0.6 is 0 Å². The van der Waals surface area contributed by atoms with Crippen molar-refractivity contribution in [1.82, 2.24) is 5.32 Å². The third-order valence-electron chi connectivity index (χ3n) is 3.26. The van der Waals surface area contributed by atoms with Gasteiger partial charge in [-0.25, -0.2) is 8.78 Å². The van der Waals surface area contributed by atoms with Gasteiger partial charge in [0, 0.05) is 18.9 Å². The molecular weight excluding hydrogens is 224 g/mol. The van der Waals surface area contributed by atoms with Gasteiger partial charge in [-0.1, -0.05) is 12.1 Å². The van der Waals surface area contributed by atoms with Crippen molar-refractivity contribution < 1.29 is 13.5 Å². The summed E-state index contributed by atoms with van der Waals surface area (Å²) in [6, 6.07) is 6.85. The van der Waals surface area contributed by atoms with E-state index in [4.69, 9.17) is 4.74 Å².